The number of ether oxygens (including phenoxy) is 1. The number of carbonyl (C=O) groups excluding carboxylic acids is 2. The number of nitrogens with zero attached hydrogens (tertiary/aromatic N) is 2. The fourth-order valence-corrected chi connectivity index (χ4v) is 5.11. The standard InChI is InChI=1S/C22H26ClN3O3S/c1-13-7-10-24-14(2)20(13)29-22(28)26-11-8-16(9-12-26)19(15-3-4-15)25-21(27)17-5-6-18(23)30-17/h5-7,10,15-16,19H,3-4,8-9,11-12H2,1-2H3,(H,25,27)/t19-/m0/s1. The minimum atomic E-state index is -0.326. The van der Waals surface area contributed by atoms with Gasteiger partial charge in [-0.1, -0.05) is 11.6 Å². The van der Waals surface area contributed by atoms with E-state index in [0.717, 1.165) is 31.2 Å². The summed E-state index contributed by atoms with van der Waals surface area (Å²) in [7, 11) is 0. The fourth-order valence-electron chi connectivity index (χ4n) is 4.16. The van der Waals surface area contributed by atoms with E-state index in [0.29, 0.717) is 45.6 Å². The van der Waals surface area contributed by atoms with Crippen molar-refractivity contribution in [2.24, 2.45) is 11.8 Å². The normalized spacial score (nSPS) is 18.2. The Morgan fingerprint density at radius 2 is 1.87 bits per heavy atom. The summed E-state index contributed by atoms with van der Waals surface area (Å²) in [5.41, 5.74) is 1.61. The van der Waals surface area contributed by atoms with Crippen molar-refractivity contribution in [3.63, 3.8) is 0 Å². The summed E-state index contributed by atoms with van der Waals surface area (Å²) in [5, 5.41) is 3.25. The van der Waals surface area contributed by atoms with E-state index in [1.54, 1.807) is 23.2 Å². The average molecular weight is 448 g/mol. The monoisotopic (exact) mass is 447 g/mol. The zero-order chi connectivity index (χ0) is 21.3. The molecule has 1 aliphatic heterocycles. The number of aryl methyl sites for hydroxylation is 2. The maximum Gasteiger partial charge on any atom is 0.415 e. The molecule has 4 rings (SSSR count). The summed E-state index contributed by atoms with van der Waals surface area (Å²) >= 11 is 7.28. The van der Waals surface area contributed by atoms with Crippen molar-refractivity contribution in [1.29, 1.82) is 0 Å². The van der Waals surface area contributed by atoms with Crippen LogP contribution in [-0.2, 0) is 0 Å². The van der Waals surface area contributed by atoms with Gasteiger partial charge in [0.05, 0.1) is 14.9 Å². The number of amides is 2. The fraction of sp³-hybridized carbons (Fsp3) is 0.500. The number of pyridine rings is 1. The van der Waals surface area contributed by atoms with E-state index >= 15 is 0 Å². The number of nitrogens with one attached hydrogen (secondary N) is 1. The third kappa shape index (κ3) is 4.78. The van der Waals surface area contributed by atoms with Gasteiger partial charge in [0, 0.05) is 25.3 Å². The third-order valence-electron chi connectivity index (χ3n) is 6.00. The van der Waals surface area contributed by atoms with Crippen LogP contribution in [0.25, 0.3) is 0 Å². The summed E-state index contributed by atoms with van der Waals surface area (Å²) in [5.74, 6) is 1.40. The number of hydrogen-bond acceptors (Lipinski definition) is 5. The van der Waals surface area contributed by atoms with Crippen LogP contribution in [0.1, 0.15) is 46.6 Å². The molecule has 1 saturated carbocycles. The first-order valence-electron chi connectivity index (χ1n) is 10.4. The summed E-state index contributed by atoms with van der Waals surface area (Å²) in [4.78, 5) is 31.9. The zero-order valence-corrected chi connectivity index (χ0v) is 18.8. The van der Waals surface area contributed by atoms with E-state index in [1.807, 2.05) is 19.9 Å². The highest BCUT2D eigenvalue weighted by Crippen LogP contribution is 2.39. The van der Waals surface area contributed by atoms with Crippen LogP contribution >= 0.6 is 22.9 Å². The molecule has 2 aromatic heterocycles. The Bertz CT molecular complexity index is 915. The molecule has 1 saturated heterocycles. The molecular weight excluding hydrogens is 422 g/mol. The maximum atomic E-state index is 12.7. The topological polar surface area (TPSA) is 71.5 Å². The van der Waals surface area contributed by atoms with Gasteiger partial charge in [0.15, 0.2) is 5.75 Å². The van der Waals surface area contributed by atoms with Gasteiger partial charge in [0.25, 0.3) is 5.91 Å². The lowest BCUT2D eigenvalue weighted by atomic mass is 9.86. The number of aromatic nitrogens is 1. The van der Waals surface area contributed by atoms with Crippen LogP contribution in [0.2, 0.25) is 4.34 Å². The maximum absolute atomic E-state index is 12.7. The molecule has 160 valence electrons. The van der Waals surface area contributed by atoms with Crippen molar-refractivity contribution in [2.45, 2.75) is 45.6 Å². The molecule has 2 fully saturated rings. The summed E-state index contributed by atoms with van der Waals surface area (Å²) < 4.78 is 6.26. The molecule has 30 heavy (non-hydrogen) atoms. The van der Waals surface area contributed by atoms with Crippen LogP contribution in [-0.4, -0.2) is 41.0 Å². The number of hydrogen-bond donors (Lipinski definition) is 1. The van der Waals surface area contributed by atoms with Gasteiger partial charge in [-0.3, -0.25) is 9.78 Å². The molecule has 2 amide bonds. The lowest BCUT2D eigenvalue weighted by molar-refractivity contribution is 0.0874. The zero-order valence-electron chi connectivity index (χ0n) is 17.2. The average Bonchev–Trinajstić information content (AvgIpc) is 3.48. The second kappa shape index (κ2) is 8.94. The SMILES string of the molecule is Cc1ccnc(C)c1OC(=O)N1CCC([C@@H](NC(=O)c2ccc(Cl)s2)C2CC2)CC1. The van der Waals surface area contributed by atoms with E-state index < -0.39 is 0 Å². The molecule has 2 aromatic rings. The second-order valence-corrected chi connectivity index (χ2v) is 9.89. The van der Waals surface area contributed by atoms with Gasteiger partial charge >= 0.3 is 6.09 Å². The molecule has 0 aromatic carbocycles. The van der Waals surface area contributed by atoms with Crippen molar-refractivity contribution in [3.8, 4) is 5.75 Å². The number of piperidine rings is 1. The molecule has 0 unspecified atom stereocenters. The Kier molecular flexibility index (Phi) is 6.29. The Labute approximate surface area is 185 Å². The Hall–Kier alpha value is -2.12. The Morgan fingerprint density at radius 3 is 2.47 bits per heavy atom. The van der Waals surface area contributed by atoms with Crippen LogP contribution in [0.15, 0.2) is 24.4 Å². The van der Waals surface area contributed by atoms with Crippen LogP contribution in [0.3, 0.4) is 0 Å². The summed E-state index contributed by atoms with van der Waals surface area (Å²) in [6.07, 6.45) is 5.40. The van der Waals surface area contributed by atoms with Crippen molar-refractivity contribution in [3.05, 3.63) is 44.9 Å². The largest absolute Gasteiger partial charge is 0.415 e. The minimum Gasteiger partial charge on any atom is -0.408 e. The van der Waals surface area contributed by atoms with Gasteiger partial charge in [-0.2, -0.15) is 0 Å². The highest BCUT2D eigenvalue weighted by Gasteiger charge is 2.39. The molecule has 6 nitrogen and oxygen atoms in total. The summed E-state index contributed by atoms with van der Waals surface area (Å²) in [6.45, 7) is 5.01. The molecule has 3 heterocycles. The lowest BCUT2D eigenvalue weighted by Crippen LogP contribution is -2.48. The van der Waals surface area contributed by atoms with E-state index in [1.165, 1.54) is 11.3 Å². The van der Waals surface area contributed by atoms with E-state index in [4.69, 9.17) is 16.3 Å². The Morgan fingerprint density at radius 1 is 1.17 bits per heavy atom. The van der Waals surface area contributed by atoms with Crippen molar-refractivity contribution < 1.29 is 14.3 Å². The highest BCUT2D eigenvalue weighted by atomic mass is 35.5. The van der Waals surface area contributed by atoms with Gasteiger partial charge in [-0.15, -0.1) is 11.3 Å². The van der Waals surface area contributed by atoms with Gasteiger partial charge in [-0.25, -0.2) is 4.79 Å². The molecule has 1 atom stereocenters. The third-order valence-corrected chi connectivity index (χ3v) is 7.23. The van der Waals surface area contributed by atoms with Crippen LogP contribution < -0.4 is 10.1 Å². The highest BCUT2D eigenvalue weighted by molar-refractivity contribution is 7.18. The number of thiophene rings is 1. The van der Waals surface area contributed by atoms with E-state index in [-0.39, 0.29) is 18.0 Å². The molecule has 1 aliphatic carbocycles. The number of likely N-dealkylation sites (tertiary alicyclic amines) is 1. The van der Waals surface area contributed by atoms with Crippen LogP contribution in [0.5, 0.6) is 5.75 Å². The predicted octanol–water partition coefficient (Wildman–Crippen LogP) is 4.83. The molecule has 0 radical (unpaired) electrons. The first-order valence-corrected chi connectivity index (χ1v) is 11.6. The van der Waals surface area contributed by atoms with Gasteiger partial charge < -0.3 is 15.0 Å². The van der Waals surface area contributed by atoms with Crippen molar-refractivity contribution in [2.75, 3.05) is 13.1 Å². The molecule has 0 bridgehead atoms. The number of halogens is 1. The van der Waals surface area contributed by atoms with Crippen LogP contribution in [0.4, 0.5) is 4.79 Å². The van der Waals surface area contributed by atoms with Gasteiger partial charge in [0.1, 0.15) is 0 Å². The Balaban J connectivity index is 1.34. The smallest absolute Gasteiger partial charge is 0.408 e. The first-order chi connectivity index (χ1) is 14.4. The molecular formula is C22H26ClN3O3S. The minimum absolute atomic E-state index is 0.0480. The molecule has 1 N–H and O–H groups in total. The number of carbonyl (C=O) groups is 2. The summed E-state index contributed by atoms with van der Waals surface area (Å²) in [6, 6.07) is 5.52. The van der Waals surface area contributed by atoms with Gasteiger partial charge in [-0.05, 0) is 75.1 Å². The van der Waals surface area contributed by atoms with Gasteiger partial charge in [0.2, 0.25) is 0 Å². The van der Waals surface area contributed by atoms with E-state index in [9.17, 15) is 9.59 Å². The second-order valence-electron chi connectivity index (χ2n) is 8.18. The van der Waals surface area contributed by atoms with E-state index in [2.05, 4.69) is 10.3 Å². The molecule has 2 aliphatic rings. The first kappa shape index (κ1) is 21.1. The quantitative estimate of drug-likeness (QED) is 0.712. The lowest BCUT2D eigenvalue weighted by Gasteiger charge is -2.36. The molecule has 8 heteroatoms. The molecule has 0 spiro atoms. The number of rotatable bonds is 5. The van der Waals surface area contributed by atoms with Crippen LogP contribution in [0, 0.1) is 25.7 Å². The van der Waals surface area contributed by atoms with Crippen molar-refractivity contribution in [1.82, 2.24) is 15.2 Å². The predicted molar refractivity (Wildman–Crippen MR) is 117 cm³/mol. The van der Waals surface area contributed by atoms with Crippen molar-refractivity contribution >= 4 is 34.9 Å².